The number of aryl methyl sites for hydroxylation is 2. The van der Waals surface area contributed by atoms with Crippen LogP contribution in [0.15, 0.2) is 40.8 Å². The van der Waals surface area contributed by atoms with Gasteiger partial charge in [0.25, 0.3) is 5.56 Å². The van der Waals surface area contributed by atoms with Crippen molar-refractivity contribution in [3.05, 3.63) is 57.7 Å². The van der Waals surface area contributed by atoms with Crippen molar-refractivity contribution >= 4 is 38.3 Å². The van der Waals surface area contributed by atoms with Crippen LogP contribution in [0.1, 0.15) is 24.2 Å². The van der Waals surface area contributed by atoms with Crippen molar-refractivity contribution in [3.8, 4) is 0 Å². The highest BCUT2D eigenvalue weighted by molar-refractivity contribution is 7.18. The monoisotopic (exact) mass is 405 g/mol. The molecule has 1 fully saturated rings. The summed E-state index contributed by atoms with van der Waals surface area (Å²) in [5.74, 6) is 2.31. The minimum absolute atomic E-state index is 0.0714. The molecule has 0 aliphatic carbocycles. The van der Waals surface area contributed by atoms with Crippen molar-refractivity contribution in [2.45, 2.75) is 33.2 Å². The molecule has 0 amide bonds. The highest BCUT2D eigenvalue weighted by Gasteiger charge is 2.24. The maximum atomic E-state index is 13.0. The van der Waals surface area contributed by atoms with Crippen LogP contribution in [0.4, 0.5) is 5.82 Å². The topological polar surface area (TPSA) is 63.9 Å². The van der Waals surface area contributed by atoms with E-state index >= 15 is 0 Å². The Morgan fingerprint density at radius 2 is 1.93 bits per heavy atom. The molecule has 0 radical (unpaired) electrons. The summed E-state index contributed by atoms with van der Waals surface area (Å²) in [6, 6.07) is 7.60. The highest BCUT2D eigenvalue weighted by atomic mass is 32.1. The lowest BCUT2D eigenvalue weighted by molar-refractivity contribution is 0.348. The molecule has 29 heavy (non-hydrogen) atoms. The Bertz CT molecular complexity index is 1250. The first-order valence-electron chi connectivity index (χ1n) is 10.0. The molecule has 0 N–H and O–H groups in total. The molecule has 4 heterocycles. The van der Waals surface area contributed by atoms with Crippen LogP contribution in [0.5, 0.6) is 0 Å². The van der Waals surface area contributed by atoms with Crippen LogP contribution in [0, 0.1) is 19.8 Å². The molecule has 148 valence electrons. The number of nitrogens with zero attached hydrogens (tertiary/aromatic N) is 5. The molecular formula is C22H23N5OS. The van der Waals surface area contributed by atoms with Gasteiger partial charge in [-0.2, -0.15) is 0 Å². The van der Waals surface area contributed by atoms with Gasteiger partial charge in [-0.15, -0.1) is 11.3 Å². The quantitative estimate of drug-likeness (QED) is 0.517. The van der Waals surface area contributed by atoms with Crippen molar-refractivity contribution in [2.24, 2.45) is 5.92 Å². The van der Waals surface area contributed by atoms with Gasteiger partial charge in [0.15, 0.2) is 0 Å². The van der Waals surface area contributed by atoms with E-state index in [2.05, 4.69) is 32.2 Å². The fourth-order valence-electron chi connectivity index (χ4n) is 4.26. The molecule has 3 aromatic heterocycles. The van der Waals surface area contributed by atoms with Crippen molar-refractivity contribution < 1.29 is 0 Å². The number of anilines is 1. The lowest BCUT2D eigenvalue weighted by Crippen LogP contribution is -2.37. The first kappa shape index (κ1) is 18.2. The largest absolute Gasteiger partial charge is 0.355 e. The first-order valence-corrected chi connectivity index (χ1v) is 10.9. The van der Waals surface area contributed by atoms with Gasteiger partial charge in [0.1, 0.15) is 18.0 Å². The van der Waals surface area contributed by atoms with Crippen molar-refractivity contribution in [1.82, 2.24) is 19.5 Å². The van der Waals surface area contributed by atoms with Crippen LogP contribution < -0.4 is 10.5 Å². The van der Waals surface area contributed by atoms with E-state index < -0.39 is 0 Å². The number of hydrogen-bond donors (Lipinski definition) is 0. The Balaban J connectivity index is 1.35. The van der Waals surface area contributed by atoms with Crippen molar-refractivity contribution in [2.75, 3.05) is 18.0 Å². The Labute approximate surface area is 172 Å². The third-order valence-corrected chi connectivity index (χ3v) is 7.00. The summed E-state index contributed by atoms with van der Waals surface area (Å²) < 4.78 is 3.03. The minimum atomic E-state index is 0.0714. The third kappa shape index (κ3) is 3.19. The van der Waals surface area contributed by atoms with Crippen LogP contribution in [0.25, 0.3) is 21.1 Å². The number of para-hydroxylation sites is 1. The Hall–Kier alpha value is -2.80. The van der Waals surface area contributed by atoms with Gasteiger partial charge >= 0.3 is 0 Å². The predicted octanol–water partition coefficient (Wildman–Crippen LogP) is 3.93. The molecule has 4 aromatic rings. The molecule has 1 aromatic carbocycles. The van der Waals surface area contributed by atoms with E-state index in [4.69, 9.17) is 0 Å². The van der Waals surface area contributed by atoms with E-state index in [1.54, 1.807) is 17.7 Å². The number of piperidine rings is 1. The van der Waals surface area contributed by atoms with Gasteiger partial charge in [-0.05, 0) is 55.7 Å². The molecule has 0 bridgehead atoms. The van der Waals surface area contributed by atoms with Gasteiger partial charge in [-0.1, -0.05) is 12.1 Å². The zero-order valence-electron chi connectivity index (χ0n) is 16.6. The van der Waals surface area contributed by atoms with E-state index in [9.17, 15) is 4.79 Å². The van der Waals surface area contributed by atoms with Gasteiger partial charge in [0.05, 0.1) is 21.1 Å². The lowest BCUT2D eigenvalue weighted by atomic mass is 9.96. The summed E-state index contributed by atoms with van der Waals surface area (Å²) in [6.45, 7) is 6.65. The third-order valence-electron chi connectivity index (χ3n) is 5.92. The number of fused-ring (bicyclic) bond motifs is 2. The molecular weight excluding hydrogens is 382 g/mol. The molecule has 1 aliphatic rings. The summed E-state index contributed by atoms with van der Waals surface area (Å²) in [6.07, 6.45) is 3.75. The normalized spacial score (nSPS) is 15.4. The van der Waals surface area contributed by atoms with Gasteiger partial charge < -0.3 is 4.90 Å². The molecule has 1 aliphatic heterocycles. The number of benzene rings is 1. The van der Waals surface area contributed by atoms with Gasteiger partial charge in [-0.25, -0.2) is 15.0 Å². The SMILES string of the molecule is Cc1csc2c(N3CCC(Cn4c(C)nc5ccccc5c4=O)CC3)ncnc12. The fraction of sp³-hybridized carbons (Fsp3) is 0.364. The lowest BCUT2D eigenvalue weighted by Gasteiger charge is -2.33. The standard InChI is InChI=1S/C22H23N5OS/c1-14-12-29-20-19(14)23-13-24-21(20)26-9-7-16(8-10-26)11-27-15(2)25-18-6-4-3-5-17(18)22(27)28/h3-6,12-13,16H,7-11H2,1-2H3. The molecule has 0 unspecified atom stereocenters. The first-order chi connectivity index (χ1) is 14.1. The summed E-state index contributed by atoms with van der Waals surface area (Å²) in [5, 5.41) is 2.85. The van der Waals surface area contributed by atoms with E-state index in [1.165, 1.54) is 10.3 Å². The summed E-state index contributed by atoms with van der Waals surface area (Å²) in [5.41, 5.74) is 3.12. The average Bonchev–Trinajstić information content (AvgIpc) is 3.13. The smallest absolute Gasteiger partial charge is 0.261 e. The summed E-state index contributed by atoms with van der Waals surface area (Å²) in [7, 11) is 0. The van der Waals surface area contributed by atoms with E-state index in [0.717, 1.165) is 55.2 Å². The van der Waals surface area contributed by atoms with Crippen molar-refractivity contribution in [1.29, 1.82) is 0 Å². The van der Waals surface area contributed by atoms with Gasteiger partial charge in [0.2, 0.25) is 0 Å². The minimum Gasteiger partial charge on any atom is -0.355 e. The molecule has 0 spiro atoms. The number of thiophene rings is 1. The summed E-state index contributed by atoms with van der Waals surface area (Å²) in [4.78, 5) is 29.0. The second-order valence-electron chi connectivity index (χ2n) is 7.82. The summed E-state index contributed by atoms with van der Waals surface area (Å²) >= 11 is 1.72. The Morgan fingerprint density at radius 3 is 2.76 bits per heavy atom. The van der Waals surface area contributed by atoms with E-state index in [1.807, 2.05) is 35.8 Å². The molecule has 5 rings (SSSR count). The molecule has 1 saturated heterocycles. The van der Waals surface area contributed by atoms with Crippen molar-refractivity contribution in [3.63, 3.8) is 0 Å². The maximum absolute atomic E-state index is 13.0. The highest BCUT2D eigenvalue weighted by Crippen LogP contribution is 2.33. The Morgan fingerprint density at radius 1 is 1.14 bits per heavy atom. The Kier molecular flexibility index (Phi) is 4.54. The van der Waals surface area contributed by atoms with Crippen LogP contribution in [0.3, 0.4) is 0 Å². The average molecular weight is 406 g/mol. The van der Waals surface area contributed by atoms with Gasteiger partial charge in [-0.3, -0.25) is 9.36 Å². The van der Waals surface area contributed by atoms with Gasteiger partial charge in [0, 0.05) is 19.6 Å². The van der Waals surface area contributed by atoms with E-state index in [0.29, 0.717) is 11.3 Å². The molecule has 7 heteroatoms. The van der Waals surface area contributed by atoms with E-state index in [-0.39, 0.29) is 5.56 Å². The molecule has 0 atom stereocenters. The number of hydrogen-bond acceptors (Lipinski definition) is 6. The maximum Gasteiger partial charge on any atom is 0.261 e. The number of aromatic nitrogens is 4. The molecule has 6 nitrogen and oxygen atoms in total. The number of rotatable bonds is 3. The predicted molar refractivity (Wildman–Crippen MR) is 118 cm³/mol. The van der Waals surface area contributed by atoms with Crippen LogP contribution in [-0.4, -0.2) is 32.6 Å². The second-order valence-corrected chi connectivity index (χ2v) is 8.70. The second kappa shape index (κ2) is 7.22. The van der Waals surface area contributed by atoms with Crippen LogP contribution in [-0.2, 0) is 6.54 Å². The molecule has 0 saturated carbocycles. The zero-order valence-corrected chi connectivity index (χ0v) is 17.4. The zero-order chi connectivity index (χ0) is 20.0. The fourth-order valence-corrected chi connectivity index (χ4v) is 5.28. The van der Waals surface area contributed by atoms with Crippen LogP contribution >= 0.6 is 11.3 Å². The van der Waals surface area contributed by atoms with Crippen LogP contribution in [0.2, 0.25) is 0 Å².